The van der Waals surface area contributed by atoms with Crippen LogP contribution in [-0.4, -0.2) is 14.8 Å². The van der Waals surface area contributed by atoms with Gasteiger partial charge in [-0.1, -0.05) is 29.8 Å². The second-order valence-corrected chi connectivity index (χ2v) is 5.42. The Balaban J connectivity index is 1.76. The molecule has 6 heteroatoms. The summed E-state index contributed by atoms with van der Waals surface area (Å²) < 4.78 is 7.42. The van der Waals surface area contributed by atoms with E-state index in [1.54, 1.807) is 12.6 Å². The van der Waals surface area contributed by atoms with Gasteiger partial charge in [-0.3, -0.25) is 0 Å². The zero-order valence-corrected chi connectivity index (χ0v) is 11.9. The van der Waals surface area contributed by atoms with Gasteiger partial charge in [-0.05, 0) is 23.8 Å². The predicted molar refractivity (Wildman–Crippen MR) is 79.3 cm³/mol. The fraction of sp³-hybridized carbons (Fsp3) is 0.200. The van der Waals surface area contributed by atoms with Gasteiger partial charge in [0.1, 0.15) is 18.1 Å². The van der Waals surface area contributed by atoms with Gasteiger partial charge in [0.15, 0.2) is 0 Å². The highest BCUT2D eigenvalue weighted by molar-refractivity contribution is 6.31. The molecule has 0 radical (unpaired) electrons. The SMILES string of the molecule is Clc1ccccc1[C@@H]1C[C@H](c2ccco2)n2ncnc2N1. The van der Waals surface area contributed by atoms with Crippen LogP contribution in [0.5, 0.6) is 0 Å². The molecule has 3 heterocycles. The van der Waals surface area contributed by atoms with E-state index in [-0.39, 0.29) is 12.1 Å². The average Bonchev–Trinajstić information content (AvgIpc) is 3.18. The van der Waals surface area contributed by atoms with Gasteiger partial charge >= 0.3 is 0 Å². The second kappa shape index (κ2) is 4.93. The van der Waals surface area contributed by atoms with E-state index in [9.17, 15) is 0 Å². The molecular formula is C15H13ClN4O. The Morgan fingerprint density at radius 2 is 2.14 bits per heavy atom. The maximum atomic E-state index is 6.32. The quantitative estimate of drug-likeness (QED) is 0.784. The lowest BCUT2D eigenvalue weighted by molar-refractivity contribution is 0.358. The number of aromatic nitrogens is 3. The summed E-state index contributed by atoms with van der Waals surface area (Å²) in [6, 6.07) is 11.8. The average molecular weight is 301 g/mol. The minimum Gasteiger partial charge on any atom is -0.467 e. The van der Waals surface area contributed by atoms with Crippen LogP contribution < -0.4 is 5.32 Å². The molecule has 1 aliphatic rings. The summed E-state index contributed by atoms with van der Waals surface area (Å²) in [5, 5.41) is 8.44. The molecule has 106 valence electrons. The van der Waals surface area contributed by atoms with Crippen LogP contribution in [0.1, 0.15) is 29.8 Å². The van der Waals surface area contributed by atoms with Gasteiger partial charge in [0.2, 0.25) is 5.95 Å². The summed E-state index contributed by atoms with van der Waals surface area (Å²) in [7, 11) is 0. The number of hydrogen-bond acceptors (Lipinski definition) is 4. The molecule has 0 bridgehead atoms. The van der Waals surface area contributed by atoms with Gasteiger partial charge in [-0.15, -0.1) is 0 Å². The number of benzene rings is 1. The van der Waals surface area contributed by atoms with Gasteiger partial charge in [-0.2, -0.15) is 10.1 Å². The fourth-order valence-corrected chi connectivity index (χ4v) is 3.07. The van der Waals surface area contributed by atoms with Crippen LogP contribution in [0.4, 0.5) is 5.95 Å². The van der Waals surface area contributed by atoms with Crippen LogP contribution in [0.3, 0.4) is 0 Å². The highest BCUT2D eigenvalue weighted by Gasteiger charge is 2.32. The smallest absolute Gasteiger partial charge is 0.222 e. The minimum absolute atomic E-state index is 0.0139. The topological polar surface area (TPSA) is 55.9 Å². The largest absolute Gasteiger partial charge is 0.467 e. The first-order chi connectivity index (χ1) is 10.3. The molecule has 1 N–H and O–H groups in total. The van der Waals surface area contributed by atoms with E-state index in [2.05, 4.69) is 15.4 Å². The lowest BCUT2D eigenvalue weighted by Crippen LogP contribution is -2.28. The molecule has 1 aromatic carbocycles. The fourth-order valence-electron chi connectivity index (χ4n) is 2.80. The number of nitrogens with zero attached hydrogens (tertiary/aromatic N) is 3. The lowest BCUT2D eigenvalue weighted by Gasteiger charge is -2.30. The number of nitrogens with one attached hydrogen (secondary N) is 1. The molecule has 2 atom stereocenters. The van der Waals surface area contributed by atoms with Crippen molar-refractivity contribution in [2.24, 2.45) is 0 Å². The van der Waals surface area contributed by atoms with E-state index in [0.717, 1.165) is 28.7 Å². The minimum atomic E-state index is 0.0139. The Bertz CT molecular complexity index is 753. The molecule has 0 saturated carbocycles. The molecule has 0 aliphatic carbocycles. The van der Waals surface area contributed by atoms with Crippen molar-refractivity contribution in [2.75, 3.05) is 5.32 Å². The third-order valence-electron chi connectivity index (χ3n) is 3.78. The molecule has 5 nitrogen and oxygen atoms in total. The van der Waals surface area contributed by atoms with Crippen LogP contribution in [0.15, 0.2) is 53.4 Å². The van der Waals surface area contributed by atoms with Crippen molar-refractivity contribution >= 4 is 17.5 Å². The zero-order valence-electron chi connectivity index (χ0n) is 11.1. The van der Waals surface area contributed by atoms with Gasteiger partial charge in [0, 0.05) is 11.4 Å². The Morgan fingerprint density at radius 3 is 2.95 bits per heavy atom. The molecule has 4 rings (SSSR count). The van der Waals surface area contributed by atoms with Crippen molar-refractivity contribution in [3.8, 4) is 0 Å². The number of furan rings is 1. The molecule has 0 saturated heterocycles. The normalized spacial score (nSPS) is 20.8. The molecular weight excluding hydrogens is 288 g/mol. The number of hydrogen-bond donors (Lipinski definition) is 1. The van der Waals surface area contributed by atoms with Gasteiger partial charge < -0.3 is 9.73 Å². The highest BCUT2D eigenvalue weighted by Crippen LogP contribution is 2.39. The molecule has 0 fully saturated rings. The summed E-state index contributed by atoms with van der Waals surface area (Å²) in [4.78, 5) is 4.28. The summed E-state index contributed by atoms with van der Waals surface area (Å²) in [6.07, 6.45) is 4.03. The van der Waals surface area contributed by atoms with Crippen LogP contribution >= 0.6 is 11.6 Å². The van der Waals surface area contributed by atoms with Crippen molar-refractivity contribution < 1.29 is 4.42 Å². The molecule has 3 aromatic rings. The Hall–Kier alpha value is -2.27. The van der Waals surface area contributed by atoms with E-state index in [0.29, 0.717) is 0 Å². The maximum Gasteiger partial charge on any atom is 0.222 e. The summed E-state index contributed by atoms with van der Waals surface area (Å²) >= 11 is 6.32. The van der Waals surface area contributed by atoms with E-state index in [1.807, 2.05) is 41.1 Å². The van der Waals surface area contributed by atoms with Crippen molar-refractivity contribution in [1.29, 1.82) is 0 Å². The summed E-state index contributed by atoms with van der Waals surface area (Å²) in [5.74, 6) is 1.60. The van der Waals surface area contributed by atoms with Gasteiger partial charge in [-0.25, -0.2) is 4.68 Å². The number of halogens is 1. The summed E-state index contributed by atoms with van der Waals surface area (Å²) in [6.45, 7) is 0. The first-order valence-electron chi connectivity index (χ1n) is 6.77. The first kappa shape index (κ1) is 12.5. The van der Waals surface area contributed by atoms with Gasteiger partial charge in [0.05, 0.1) is 12.3 Å². The number of rotatable bonds is 2. The Kier molecular flexibility index (Phi) is 2.93. The van der Waals surface area contributed by atoms with Crippen LogP contribution in [-0.2, 0) is 0 Å². The van der Waals surface area contributed by atoms with Crippen molar-refractivity contribution in [1.82, 2.24) is 14.8 Å². The van der Waals surface area contributed by atoms with Crippen LogP contribution in [0.2, 0.25) is 5.02 Å². The Morgan fingerprint density at radius 1 is 1.24 bits per heavy atom. The monoisotopic (exact) mass is 300 g/mol. The van der Waals surface area contributed by atoms with Crippen LogP contribution in [0, 0.1) is 0 Å². The van der Waals surface area contributed by atoms with E-state index < -0.39 is 0 Å². The first-order valence-corrected chi connectivity index (χ1v) is 7.14. The maximum absolute atomic E-state index is 6.32. The number of fused-ring (bicyclic) bond motifs is 1. The van der Waals surface area contributed by atoms with Crippen molar-refractivity contribution in [3.05, 3.63) is 65.3 Å². The van der Waals surface area contributed by atoms with E-state index in [4.69, 9.17) is 16.0 Å². The third-order valence-corrected chi connectivity index (χ3v) is 4.13. The zero-order chi connectivity index (χ0) is 14.2. The van der Waals surface area contributed by atoms with Crippen molar-refractivity contribution in [2.45, 2.75) is 18.5 Å². The predicted octanol–water partition coefficient (Wildman–Crippen LogP) is 3.67. The van der Waals surface area contributed by atoms with E-state index >= 15 is 0 Å². The molecule has 0 unspecified atom stereocenters. The number of anilines is 1. The summed E-state index contributed by atoms with van der Waals surface area (Å²) in [5.41, 5.74) is 1.06. The molecule has 21 heavy (non-hydrogen) atoms. The lowest BCUT2D eigenvalue weighted by atomic mass is 9.96. The molecule has 1 aliphatic heterocycles. The second-order valence-electron chi connectivity index (χ2n) is 5.01. The van der Waals surface area contributed by atoms with Gasteiger partial charge in [0.25, 0.3) is 0 Å². The Labute approximate surface area is 126 Å². The standard InChI is InChI=1S/C15H13ClN4O/c16-11-5-2-1-4-10(11)12-8-13(14-6-3-7-21-14)20-15(19-12)17-9-18-20/h1-7,9,12-13H,8H2,(H,17,18,19)/t12-,13+/m0/s1. The molecule has 2 aromatic heterocycles. The highest BCUT2D eigenvalue weighted by atomic mass is 35.5. The van der Waals surface area contributed by atoms with Crippen LogP contribution in [0.25, 0.3) is 0 Å². The third kappa shape index (κ3) is 2.10. The van der Waals surface area contributed by atoms with E-state index in [1.165, 1.54) is 0 Å². The van der Waals surface area contributed by atoms with Crippen molar-refractivity contribution in [3.63, 3.8) is 0 Å². The molecule has 0 amide bonds. The molecule has 0 spiro atoms.